The molecule has 4 aromatic rings. The largest absolute Gasteiger partial charge is 0.0622 e. The molecule has 0 amide bonds. The fourth-order valence-corrected chi connectivity index (χ4v) is 5.27. The predicted molar refractivity (Wildman–Crippen MR) is 143 cm³/mol. The Morgan fingerprint density at radius 2 is 1.09 bits per heavy atom. The average molecular weight is 431 g/mol. The van der Waals surface area contributed by atoms with E-state index < -0.39 is 0 Å². The Balaban J connectivity index is 1.68. The summed E-state index contributed by atoms with van der Waals surface area (Å²) in [5, 5.41) is 0. The number of benzene rings is 4. The number of fused-ring (bicyclic) bond motifs is 3. The van der Waals surface area contributed by atoms with Crippen LogP contribution < -0.4 is 0 Å². The van der Waals surface area contributed by atoms with E-state index in [1.54, 1.807) is 0 Å². The minimum Gasteiger partial charge on any atom is -0.0622 e. The fraction of sp³-hybridized carbons (Fsp3) is 0.273. The van der Waals surface area contributed by atoms with Gasteiger partial charge < -0.3 is 0 Å². The molecule has 0 radical (unpaired) electrons. The second kappa shape index (κ2) is 7.73. The zero-order valence-electron chi connectivity index (χ0n) is 20.8. The second-order valence-electron chi connectivity index (χ2n) is 11.5. The first-order chi connectivity index (χ1) is 15.6. The molecule has 0 N–H and O–H groups in total. The highest BCUT2D eigenvalue weighted by atomic mass is 14.3. The van der Waals surface area contributed by atoms with Gasteiger partial charge in [0.15, 0.2) is 0 Å². The molecule has 0 heteroatoms. The molecular weight excluding hydrogens is 396 g/mol. The highest BCUT2D eigenvalue weighted by Crippen LogP contribution is 2.46. The zero-order valence-corrected chi connectivity index (χ0v) is 20.8. The minimum absolute atomic E-state index is 0.0576. The first-order valence-electron chi connectivity index (χ1n) is 12.1. The maximum absolute atomic E-state index is 2.49. The van der Waals surface area contributed by atoms with Crippen LogP contribution in [0.5, 0.6) is 0 Å². The van der Waals surface area contributed by atoms with Crippen molar-refractivity contribution in [3.05, 3.63) is 107 Å². The Labute approximate surface area is 199 Å². The van der Waals surface area contributed by atoms with Crippen molar-refractivity contribution in [3.63, 3.8) is 0 Å². The molecule has 0 aliphatic heterocycles. The molecule has 0 fully saturated rings. The third-order valence-electron chi connectivity index (χ3n) is 6.96. The topological polar surface area (TPSA) is 0 Å². The standard InChI is InChI=1S/C33H34/c1-32(2,3)30-15-11-10-14-27(30)29-20-25-19-24-18-23(22-12-8-7-9-13-22)16-17-26(24)28(25)21-31(29)33(4,5)6/h7-18,20-21H,19H2,1-6H3. The molecule has 0 saturated heterocycles. The molecule has 1 aliphatic rings. The summed E-state index contributed by atoms with van der Waals surface area (Å²) in [6.07, 6.45) is 1.00. The van der Waals surface area contributed by atoms with E-state index in [2.05, 4.69) is 126 Å². The number of hydrogen-bond donors (Lipinski definition) is 0. The molecule has 0 saturated carbocycles. The molecule has 166 valence electrons. The van der Waals surface area contributed by atoms with Crippen LogP contribution in [0, 0.1) is 0 Å². The Kier molecular flexibility index (Phi) is 5.09. The van der Waals surface area contributed by atoms with Crippen molar-refractivity contribution in [2.45, 2.75) is 58.8 Å². The van der Waals surface area contributed by atoms with Gasteiger partial charge in [-0.1, -0.05) is 114 Å². The minimum atomic E-state index is 0.0576. The van der Waals surface area contributed by atoms with Crippen molar-refractivity contribution < 1.29 is 0 Å². The normalized spacial score (nSPS) is 13.0. The molecule has 4 aromatic carbocycles. The number of hydrogen-bond acceptors (Lipinski definition) is 0. The lowest BCUT2D eigenvalue weighted by molar-refractivity contribution is 0.585. The Hall–Kier alpha value is -3.12. The van der Waals surface area contributed by atoms with Crippen LogP contribution in [0.4, 0.5) is 0 Å². The third kappa shape index (κ3) is 3.93. The molecule has 0 nitrogen and oxygen atoms in total. The molecular formula is C33H34. The molecule has 5 rings (SSSR count). The van der Waals surface area contributed by atoms with Crippen molar-refractivity contribution in [2.75, 3.05) is 0 Å². The summed E-state index contributed by atoms with van der Waals surface area (Å²) in [6.45, 7) is 14.0. The molecule has 1 aliphatic carbocycles. The maximum atomic E-state index is 2.49. The van der Waals surface area contributed by atoms with Crippen LogP contribution in [0.25, 0.3) is 33.4 Å². The smallest absolute Gasteiger partial charge is 0.00130 e. The van der Waals surface area contributed by atoms with E-state index >= 15 is 0 Å². The van der Waals surface area contributed by atoms with Gasteiger partial charge in [-0.15, -0.1) is 0 Å². The van der Waals surface area contributed by atoms with Crippen LogP contribution in [-0.4, -0.2) is 0 Å². The summed E-state index contributed by atoms with van der Waals surface area (Å²) in [6, 6.07) is 31.7. The van der Waals surface area contributed by atoms with E-state index in [1.165, 1.54) is 55.6 Å². The molecule has 0 bridgehead atoms. The van der Waals surface area contributed by atoms with E-state index in [0.717, 1.165) is 6.42 Å². The summed E-state index contributed by atoms with van der Waals surface area (Å²) < 4.78 is 0. The molecule has 0 atom stereocenters. The molecule has 0 spiro atoms. The van der Waals surface area contributed by atoms with Crippen LogP contribution in [0.15, 0.2) is 84.9 Å². The molecule has 33 heavy (non-hydrogen) atoms. The van der Waals surface area contributed by atoms with E-state index in [0.29, 0.717) is 0 Å². The van der Waals surface area contributed by atoms with Crippen molar-refractivity contribution in [1.82, 2.24) is 0 Å². The maximum Gasteiger partial charge on any atom is -0.00130 e. The van der Waals surface area contributed by atoms with Gasteiger partial charge in [0.05, 0.1) is 0 Å². The van der Waals surface area contributed by atoms with Gasteiger partial charge in [-0.25, -0.2) is 0 Å². The van der Waals surface area contributed by atoms with E-state index in [9.17, 15) is 0 Å². The van der Waals surface area contributed by atoms with Crippen LogP contribution in [0.3, 0.4) is 0 Å². The van der Waals surface area contributed by atoms with Gasteiger partial charge in [0.1, 0.15) is 0 Å². The lowest BCUT2D eigenvalue weighted by Gasteiger charge is -2.29. The van der Waals surface area contributed by atoms with Gasteiger partial charge in [-0.05, 0) is 85.0 Å². The third-order valence-corrected chi connectivity index (χ3v) is 6.96. The van der Waals surface area contributed by atoms with Crippen molar-refractivity contribution in [3.8, 4) is 33.4 Å². The number of rotatable bonds is 2. The SMILES string of the molecule is CC(C)(C)c1ccccc1-c1cc2c(cc1C(C)(C)C)-c1ccc(-c3ccccc3)cc1C2. The molecule has 0 aromatic heterocycles. The Morgan fingerprint density at radius 1 is 0.455 bits per heavy atom. The first-order valence-corrected chi connectivity index (χ1v) is 12.1. The summed E-state index contributed by atoms with van der Waals surface area (Å²) in [5.74, 6) is 0. The van der Waals surface area contributed by atoms with E-state index in [4.69, 9.17) is 0 Å². The lowest BCUT2D eigenvalue weighted by Crippen LogP contribution is -2.16. The molecule has 0 heterocycles. The molecule has 0 unspecified atom stereocenters. The van der Waals surface area contributed by atoms with Gasteiger partial charge in [0, 0.05) is 0 Å². The van der Waals surface area contributed by atoms with Crippen LogP contribution in [0.2, 0.25) is 0 Å². The monoisotopic (exact) mass is 430 g/mol. The highest BCUT2D eigenvalue weighted by Gasteiger charge is 2.28. The quantitative estimate of drug-likeness (QED) is 0.262. The lowest BCUT2D eigenvalue weighted by atomic mass is 9.76. The Bertz CT molecular complexity index is 1330. The van der Waals surface area contributed by atoms with Crippen LogP contribution in [-0.2, 0) is 17.3 Å². The predicted octanol–water partition coefficient (Wildman–Crippen LogP) is 9.19. The first kappa shape index (κ1) is 21.7. The van der Waals surface area contributed by atoms with Gasteiger partial charge in [-0.2, -0.15) is 0 Å². The van der Waals surface area contributed by atoms with Crippen molar-refractivity contribution in [2.24, 2.45) is 0 Å². The summed E-state index contributed by atoms with van der Waals surface area (Å²) >= 11 is 0. The summed E-state index contributed by atoms with van der Waals surface area (Å²) in [4.78, 5) is 0. The van der Waals surface area contributed by atoms with Gasteiger partial charge in [0.25, 0.3) is 0 Å². The van der Waals surface area contributed by atoms with Crippen LogP contribution in [0.1, 0.15) is 63.8 Å². The Morgan fingerprint density at radius 3 is 1.79 bits per heavy atom. The summed E-state index contributed by atoms with van der Waals surface area (Å²) in [7, 11) is 0. The van der Waals surface area contributed by atoms with Crippen molar-refractivity contribution in [1.29, 1.82) is 0 Å². The van der Waals surface area contributed by atoms with Crippen LogP contribution >= 0.6 is 0 Å². The highest BCUT2D eigenvalue weighted by molar-refractivity contribution is 5.85. The second-order valence-corrected chi connectivity index (χ2v) is 11.5. The van der Waals surface area contributed by atoms with E-state index in [-0.39, 0.29) is 10.8 Å². The van der Waals surface area contributed by atoms with E-state index in [1.807, 2.05) is 0 Å². The zero-order chi connectivity index (χ0) is 23.4. The average Bonchev–Trinajstić information content (AvgIpc) is 3.14. The van der Waals surface area contributed by atoms with Gasteiger partial charge in [-0.3, -0.25) is 0 Å². The fourth-order valence-electron chi connectivity index (χ4n) is 5.27. The van der Waals surface area contributed by atoms with Gasteiger partial charge in [0.2, 0.25) is 0 Å². The van der Waals surface area contributed by atoms with Crippen molar-refractivity contribution >= 4 is 0 Å². The van der Waals surface area contributed by atoms with Gasteiger partial charge >= 0.3 is 0 Å². The summed E-state index contributed by atoms with van der Waals surface area (Å²) in [5.41, 5.74) is 14.0.